The van der Waals surface area contributed by atoms with Crippen LogP contribution in [-0.2, 0) is 6.54 Å². The number of hydrogen-bond acceptors (Lipinski definition) is 5. The first-order valence-corrected chi connectivity index (χ1v) is 9.35. The van der Waals surface area contributed by atoms with Crippen LogP contribution in [0.2, 0.25) is 0 Å². The molecule has 0 N–H and O–H groups in total. The Labute approximate surface area is 164 Å². The summed E-state index contributed by atoms with van der Waals surface area (Å²) in [4.78, 5) is 18.8. The third-order valence-corrected chi connectivity index (χ3v) is 4.73. The highest BCUT2D eigenvalue weighted by Crippen LogP contribution is 2.26. The van der Waals surface area contributed by atoms with Crippen LogP contribution in [0.15, 0.2) is 36.7 Å². The molecule has 0 spiro atoms. The summed E-state index contributed by atoms with van der Waals surface area (Å²) in [5.74, 6) is 1.44. The lowest BCUT2D eigenvalue weighted by Gasteiger charge is -2.16. The monoisotopic (exact) mass is 382 g/mol. The summed E-state index contributed by atoms with van der Waals surface area (Å²) in [6, 6.07) is 7.53. The van der Waals surface area contributed by atoms with Gasteiger partial charge in [-0.25, -0.2) is 9.67 Å². The molecule has 0 fully saturated rings. The van der Waals surface area contributed by atoms with E-state index in [1.54, 1.807) is 36.2 Å². The van der Waals surface area contributed by atoms with Crippen molar-refractivity contribution in [1.29, 1.82) is 0 Å². The van der Waals surface area contributed by atoms with Crippen molar-refractivity contribution in [2.75, 3.05) is 27.8 Å². The van der Waals surface area contributed by atoms with Crippen molar-refractivity contribution in [3.8, 4) is 11.5 Å². The molecule has 0 radical (unpaired) electrons. The zero-order valence-corrected chi connectivity index (χ0v) is 16.8. The van der Waals surface area contributed by atoms with Crippen molar-refractivity contribution in [2.24, 2.45) is 0 Å². The third-order valence-electron chi connectivity index (χ3n) is 4.73. The Kier molecular flexibility index (Phi) is 6.13. The van der Waals surface area contributed by atoms with Crippen molar-refractivity contribution in [2.45, 2.75) is 26.3 Å². The predicted octanol–water partition coefficient (Wildman–Crippen LogP) is 3.37. The summed E-state index contributed by atoms with van der Waals surface area (Å²) in [6.45, 7) is 3.36. The third kappa shape index (κ3) is 4.08. The van der Waals surface area contributed by atoms with Crippen LogP contribution in [0.4, 0.5) is 0 Å². The minimum atomic E-state index is -0.0209. The molecule has 0 aliphatic carbocycles. The molecule has 0 saturated heterocycles. The number of benzene rings is 1. The molecule has 0 aliphatic heterocycles. The van der Waals surface area contributed by atoms with E-state index < -0.39 is 0 Å². The Morgan fingerprint density at radius 2 is 2.00 bits per heavy atom. The number of unbranched alkanes of at least 4 members (excludes halogenated alkanes) is 1. The zero-order chi connectivity index (χ0) is 20.1. The largest absolute Gasteiger partial charge is 0.497 e. The Morgan fingerprint density at radius 3 is 2.71 bits per heavy atom. The fourth-order valence-electron chi connectivity index (χ4n) is 3.07. The molecule has 1 aromatic carbocycles. The highest BCUT2D eigenvalue weighted by Gasteiger charge is 2.15. The molecule has 0 unspecified atom stereocenters. The predicted molar refractivity (Wildman–Crippen MR) is 108 cm³/mol. The quantitative estimate of drug-likeness (QED) is 0.597. The average molecular weight is 382 g/mol. The fraction of sp³-hybridized carbons (Fsp3) is 0.381. The maximum atomic E-state index is 12.6. The number of rotatable bonds is 8. The molecule has 1 amide bonds. The van der Waals surface area contributed by atoms with Crippen molar-refractivity contribution >= 4 is 16.9 Å². The highest BCUT2D eigenvalue weighted by molar-refractivity contribution is 5.96. The van der Waals surface area contributed by atoms with Gasteiger partial charge in [0.15, 0.2) is 5.65 Å². The smallest absolute Gasteiger partial charge is 0.255 e. The normalized spacial score (nSPS) is 10.9. The van der Waals surface area contributed by atoms with Crippen LogP contribution in [0.25, 0.3) is 11.0 Å². The minimum Gasteiger partial charge on any atom is -0.497 e. The Hall–Kier alpha value is -3.09. The summed E-state index contributed by atoms with van der Waals surface area (Å²) in [5, 5.41) is 5.28. The van der Waals surface area contributed by atoms with E-state index in [9.17, 15) is 4.79 Å². The number of fused-ring (bicyclic) bond motifs is 1. The number of aromatic nitrogens is 3. The number of methoxy groups -OCH3 is 2. The van der Waals surface area contributed by atoms with E-state index in [0.717, 1.165) is 47.5 Å². The molecule has 0 saturated carbocycles. The van der Waals surface area contributed by atoms with Gasteiger partial charge in [-0.2, -0.15) is 5.10 Å². The van der Waals surface area contributed by atoms with Crippen molar-refractivity contribution < 1.29 is 14.3 Å². The lowest BCUT2D eigenvalue weighted by atomic mass is 10.2. The molecule has 7 nitrogen and oxygen atoms in total. The van der Waals surface area contributed by atoms with Gasteiger partial charge in [0.1, 0.15) is 11.5 Å². The van der Waals surface area contributed by atoms with Crippen LogP contribution in [0, 0.1) is 0 Å². The van der Waals surface area contributed by atoms with Gasteiger partial charge in [0.25, 0.3) is 5.91 Å². The van der Waals surface area contributed by atoms with E-state index in [1.165, 1.54) is 0 Å². The summed E-state index contributed by atoms with van der Waals surface area (Å²) in [5.41, 5.74) is 2.27. The molecule has 0 aliphatic rings. The van der Waals surface area contributed by atoms with Crippen LogP contribution < -0.4 is 9.47 Å². The number of nitrogens with zero attached hydrogens (tertiary/aromatic N) is 4. The summed E-state index contributed by atoms with van der Waals surface area (Å²) in [6.07, 6.45) is 5.40. The molecule has 7 heteroatoms. The molecule has 2 aromatic heterocycles. The second-order valence-corrected chi connectivity index (χ2v) is 6.70. The summed E-state index contributed by atoms with van der Waals surface area (Å²) >= 11 is 0. The number of hydrogen-bond donors (Lipinski definition) is 0. The molecule has 3 aromatic rings. The SMILES string of the molecule is CCCCN(C)C(=O)c1cnc2c(cnn2Cc2ccc(OC)cc2OC)c1. The number of amides is 1. The van der Waals surface area contributed by atoms with Gasteiger partial charge >= 0.3 is 0 Å². The van der Waals surface area contributed by atoms with Gasteiger partial charge in [-0.3, -0.25) is 4.79 Å². The lowest BCUT2D eigenvalue weighted by molar-refractivity contribution is 0.0793. The average Bonchev–Trinajstić information content (AvgIpc) is 3.13. The van der Waals surface area contributed by atoms with E-state index in [-0.39, 0.29) is 5.91 Å². The van der Waals surface area contributed by atoms with Gasteiger partial charge in [0, 0.05) is 36.8 Å². The minimum absolute atomic E-state index is 0.0209. The molecule has 148 valence electrons. The van der Waals surface area contributed by atoms with Gasteiger partial charge in [-0.15, -0.1) is 0 Å². The van der Waals surface area contributed by atoms with Gasteiger partial charge < -0.3 is 14.4 Å². The van der Waals surface area contributed by atoms with Crippen LogP contribution in [0.3, 0.4) is 0 Å². The molecule has 2 heterocycles. The van der Waals surface area contributed by atoms with Gasteiger partial charge in [-0.1, -0.05) is 13.3 Å². The van der Waals surface area contributed by atoms with Crippen molar-refractivity contribution in [3.05, 3.63) is 47.8 Å². The van der Waals surface area contributed by atoms with Gasteiger partial charge in [0.05, 0.1) is 32.5 Å². The molecule has 0 atom stereocenters. The molecular weight excluding hydrogens is 356 g/mol. The van der Waals surface area contributed by atoms with Crippen LogP contribution in [-0.4, -0.2) is 53.4 Å². The van der Waals surface area contributed by atoms with Crippen molar-refractivity contribution in [1.82, 2.24) is 19.7 Å². The second kappa shape index (κ2) is 8.73. The highest BCUT2D eigenvalue weighted by atomic mass is 16.5. The fourth-order valence-corrected chi connectivity index (χ4v) is 3.07. The number of carbonyl (C=O) groups is 1. The summed E-state index contributed by atoms with van der Waals surface area (Å²) in [7, 11) is 5.07. The Morgan fingerprint density at radius 1 is 1.18 bits per heavy atom. The molecule has 28 heavy (non-hydrogen) atoms. The molecule has 0 bridgehead atoms. The molecule has 3 rings (SSSR count). The topological polar surface area (TPSA) is 69.5 Å². The number of pyridine rings is 1. The van der Waals surface area contributed by atoms with E-state index in [2.05, 4.69) is 17.0 Å². The van der Waals surface area contributed by atoms with Crippen LogP contribution in [0.5, 0.6) is 11.5 Å². The van der Waals surface area contributed by atoms with E-state index >= 15 is 0 Å². The standard InChI is InChI=1S/C21H26N4O3/c1-5-6-9-24(2)21(26)17-10-16-13-23-25(20(16)22-12-17)14-15-7-8-18(27-3)11-19(15)28-4/h7-8,10-13H,5-6,9,14H2,1-4H3. The number of carbonyl (C=O) groups excluding carboxylic acids is 1. The zero-order valence-electron chi connectivity index (χ0n) is 16.8. The summed E-state index contributed by atoms with van der Waals surface area (Å²) < 4.78 is 12.5. The van der Waals surface area contributed by atoms with Crippen LogP contribution >= 0.6 is 0 Å². The van der Waals surface area contributed by atoms with Gasteiger partial charge in [0.2, 0.25) is 0 Å². The van der Waals surface area contributed by atoms with Crippen LogP contribution in [0.1, 0.15) is 35.7 Å². The molecular formula is C21H26N4O3. The van der Waals surface area contributed by atoms with E-state index in [1.807, 2.05) is 31.3 Å². The van der Waals surface area contributed by atoms with E-state index in [4.69, 9.17) is 9.47 Å². The Balaban J connectivity index is 1.84. The second-order valence-electron chi connectivity index (χ2n) is 6.70. The lowest BCUT2D eigenvalue weighted by Crippen LogP contribution is -2.27. The maximum absolute atomic E-state index is 12.6. The first-order valence-electron chi connectivity index (χ1n) is 9.35. The van der Waals surface area contributed by atoms with E-state index in [0.29, 0.717) is 12.1 Å². The van der Waals surface area contributed by atoms with Crippen molar-refractivity contribution in [3.63, 3.8) is 0 Å². The maximum Gasteiger partial charge on any atom is 0.255 e. The Bertz CT molecular complexity index is 967. The van der Waals surface area contributed by atoms with Gasteiger partial charge in [-0.05, 0) is 24.6 Å². The first-order chi connectivity index (χ1) is 13.6. The number of ether oxygens (including phenoxy) is 2. The first kappa shape index (κ1) is 19.7.